The predicted octanol–water partition coefficient (Wildman–Crippen LogP) is 4.71. The second-order valence-corrected chi connectivity index (χ2v) is 8.41. The molecule has 2 aromatic carbocycles. The van der Waals surface area contributed by atoms with E-state index in [1.165, 1.54) is 0 Å². The fraction of sp³-hybridized carbons (Fsp3) is 0.154. The van der Waals surface area contributed by atoms with Crippen molar-refractivity contribution >= 4 is 34.0 Å². The number of aryl methyl sites for hydroxylation is 2. The van der Waals surface area contributed by atoms with Crippen LogP contribution in [0.4, 0.5) is 11.4 Å². The number of hydrogen-bond donors (Lipinski definition) is 1. The van der Waals surface area contributed by atoms with Gasteiger partial charge in [0.25, 0.3) is 5.91 Å². The minimum absolute atomic E-state index is 0.0613. The number of para-hydroxylation sites is 1. The van der Waals surface area contributed by atoms with Crippen molar-refractivity contribution < 1.29 is 4.79 Å². The SMILES string of the molecule is Cc1ccc2c(c1)C1(CC(c3cc4cccnc4nc3C)=NN1c1ccccc1)C(=O)N2. The monoisotopic (exact) mass is 419 g/mol. The highest BCUT2D eigenvalue weighted by Crippen LogP contribution is 2.49. The summed E-state index contributed by atoms with van der Waals surface area (Å²) in [4.78, 5) is 22.6. The van der Waals surface area contributed by atoms with Crippen LogP contribution in [0.15, 0.2) is 78.0 Å². The Kier molecular flexibility index (Phi) is 3.92. The van der Waals surface area contributed by atoms with Gasteiger partial charge in [0, 0.05) is 40.5 Å². The summed E-state index contributed by atoms with van der Waals surface area (Å²) in [6.07, 6.45) is 2.20. The third-order valence-corrected chi connectivity index (χ3v) is 6.34. The summed E-state index contributed by atoms with van der Waals surface area (Å²) in [6, 6.07) is 22.0. The van der Waals surface area contributed by atoms with Gasteiger partial charge < -0.3 is 5.32 Å². The van der Waals surface area contributed by atoms with Crippen molar-refractivity contribution in [3.8, 4) is 0 Å². The van der Waals surface area contributed by atoms with Gasteiger partial charge in [0.05, 0.1) is 11.4 Å². The predicted molar refractivity (Wildman–Crippen MR) is 126 cm³/mol. The molecule has 1 unspecified atom stereocenters. The maximum atomic E-state index is 13.6. The minimum Gasteiger partial charge on any atom is -0.323 e. The van der Waals surface area contributed by atoms with Crippen molar-refractivity contribution in [2.24, 2.45) is 5.10 Å². The highest BCUT2D eigenvalue weighted by atomic mass is 16.2. The number of anilines is 2. The van der Waals surface area contributed by atoms with Gasteiger partial charge in [0.2, 0.25) is 0 Å². The molecular weight excluding hydrogens is 398 g/mol. The van der Waals surface area contributed by atoms with E-state index < -0.39 is 5.54 Å². The molecule has 2 aliphatic heterocycles. The molecular formula is C26H21N5O. The van der Waals surface area contributed by atoms with Crippen molar-refractivity contribution in [3.05, 3.63) is 95.3 Å². The molecule has 1 atom stereocenters. The summed E-state index contributed by atoms with van der Waals surface area (Å²) in [5.41, 5.74) is 6.19. The first-order chi connectivity index (χ1) is 15.6. The Morgan fingerprint density at radius 1 is 1.00 bits per heavy atom. The van der Waals surface area contributed by atoms with Crippen molar-refractivity contribution in [2.45, 2.75) is 25.8 Å². The van der Waals surface area contributed by atoms with E-state index in [2.05, 4.69) is 22.4 Å². The van der Waals surface area contributed by atoms with Crippen LogP contribution in [0.3, 0.4) is 0 Å². The molecule has 6 heteroatoms. The largest absolute Gasteiger partial charge is 0.323 e. The third-order valence-electron chi connectivity index (χ3n) is 6.34. The average molecular weight is 419 g/mol. The topological polar surface area (TPSA) is 70.5 Å². The Morgan fingerprint density at radius 2 is 1.84 bits per heavy atom. The lowest BCUT2D eigenvalue weighted by atomic mass is 9.84. The minimum atomic E-state index is -0.936. The zero-order valence-electron chi connectivity index (χ0n) is 17.8. The maximum absolute atomic E-state index is 13.6. The lowest BCUT2D eigenvalue weighted by Crippen LogP contribution is -2.46. The van der Waals surface area contributed by atoms with E-state index in [-0.39, 0.29) is 5.91 Å². The number of fused-ring (bicyclic) bond motifs is 3. The molecule has 1 amide bonds. The van der Waals surface area contributed by atoms with E-state index in [1.807, 2.05) is 73.5 Å². The first-order valence-electron chi connectivity index (χ1n) is 10.6. The summed E-state index contributed by atoms with van der Waals surface area (Å²) >= 11 is 0. The van der Waals surface area contributed by atoms with Crippen LogP contribution in [-0.2, 0) is 10.3 Å². The van der Waals surface area contributed by atoms with Crippen molar-refractivity contribution in [3.63, 3.8) is 0 Å². The Labute approximate surface area is 185 Å². The second kappa shape index (κ2) is 6.72. The summed E-state index contributed by atoms with van der Waals surface area (Å²) in [7, 11) is 0. The van der Waals surface area contributed by atoms with Gasteiger partial charge in [-0.3, -0.25) is 4.79 Å². The van der Waals surface area contributed by atoms with Crippen LogP contribution in [0.2, 0.25) is 0 Å². The van der Waals surface area contributed by atoms with Crippen LogP contribution in [0.5, 0.6) is 0 Å². The molecule has 0 saturated carbocycles. The Hall–Kier alpha value is -4.06. The fourth-order valence-electron chi connectivity index (χ4n) is 4.78. The number of nitrogens with one attached hydrogen (secondary N) is 1. The standard InChI is InChI=1S/C26H21N5O/c1-16-10-11-22-21(13-16)26(25(32)29-22)15-23(30-31(26)19-8-4-3-5-9-19)20-14-18-7-6-12-27-24(18)28-17(20)2/h3-14H,15H2,1-2H3,(H,29,32). The first-order valence-corrected chi connectivity index (χ1v) is 10.6. The van der Waals surface area contributed by atoms with Gasteiger partial charge in [0.15, 0.2) is 11.2 Å². The number of pyridine rings is 2. The van der Waals surface area contributed by atoms with E-state index in [4.69, 9.17) is 10.1 Å². The van der Waals surface area contributed by atoms with Gasteiger partial charge in [-0.05, 0) is 50.2 Å². The quantitative estimate of drug-likeness (QED) is 0.511. The van der Waals surface area contributed by atoms with Crippen LogP contribution in [0, 0.1) is 13.8 Å². The van der Waals surface area contributed by atoms with E-state index in [0.29, 0.717) is 12.1 Å². The highest BCUT2D eigenvalue weighted by molar-refractivity contribution is 6.16. The number of hydrazone groups is 1. The van der Waals surface area contributed by atoms with Gasteiger partial charge in [-0.15, -0.1) is 0 Å². The molecule has 6 rings (SSSR count). The molecule has 32 heavy (non-hydrogen) atoms. The molecule has 0 bridgehead atoms. The average Bonchev–Trinajstić information content (AvgIpc) is 3.33. The molecule has 0 radical (unpaired) electrons. The van der Waals surface area contributed by atoms with Crippen molar-refractivity contribution in [1.29, 1.82) is 0 Å². The Morgan fingerprint density at radius 3 is 2.69 bits per heavy atom. The van der Waals surface area contributed by atoms with E-state index in [9.17, 15) is 4.79 Å². The van der Waals surface area contributed by atoms with Crippen LogP contribution in [-0.4, -0.2) is 21.6 Å². The number of nitrogens with zero attached hydrogens (tertiary/aromatic N) is 4. The van der Waals surface area contributed by atoms with Crippen LogP contribution in [0.1, 0.15) is 28.8 Å². The number of rotatable bonds is 2. The molecule has 0 aliphatic carbocycles. The number of benzene rings is 2. The second-order valence-electron chi connectivity index (χ2n) is 8.41. The summed E-state index contributed by atoms with van der Waals surface area (Å²) in [6.45, 7) is 4.02. The third kappa shape index (κ3) is 2.59. The number of hydrogen-bond acceptors (Lipinski definition) is 5. The molecule has 156 valence electrons. The molecule has 4 aromatic rings. The van der Waals surface area contributed by atoms with E-state index >= 15 is 0 Å². The Balaban J connectivity index is 1.57. The van der Waals surface area contributed by atoms with Gasteiger partial charge in [-0.1, -0.05) is 35.9 Å². The van der Waals surface area contributed by atoms with Crippen LogP contribution >= 0.6 is 0 Å². The normalized spacial score (nSPS) is 19.4. The van der Waals surface area contributed by atoms with E-state index in [0.717, 1.165) is 44.9 Å². The summed E-state index contributed by atoms with van der Waals surface area (Å²) < 4.78 is 0. The summed E-state index contributed by atoms with van der Waals surface area (Å²) in [5.74, 6) is -0.0613. The van der Waals surface area contributed by atoms with Gasteiger partial charge >= 0.3 is 0 Å². The van der Waals surface area contributed by atoms with Crippen LogP contribution in [0.25, 0.3) is 11.0 Å². The highest BCUT2D eigenvalue weighted by Gasteiger charge is 2.56. The molecule has 4 heterocycles. The smallest absolute Gasteiger partial charge is 0.257 e. The molecule has 0 fully saturated rings. The molecule has 2 aliphatic rings. The molecule has 6 nitrogen and oxygen atoms in total. The molecule has 2 aromatic heterocycles. The van der Waals surface area contributed by atoms with Gasteiger partial charge in [-0.2, -0.15) is 5.10 Å². The maximum Gasteiger partial charge on any atom is 0.257 e. The van der Waals surface area contributed by atoms with Crippen LogP contribution < -0.4 is 10.3 Å². The number of carbonyl (C=O) groups is 1. The first kappa shape index (κ1) is 18.7. The van der Waals surface area contributed by atoms with Crippen molar-refractivity contribution in [1.82, 2.24) is 9.97 Å². The zero-order valence-corrected chi connectivity index (χ0v) is 17.8. The van der Waals surface area contributed by atoms with Crippen molar-refractivity contribution in [2.75, 3.05) is 10.3 Å². The van der Waals surface area contributed by atoms with E-state index in [1.54, 1.807) is 6.20 Å². The number of amides is 1. The van der Waals surface area contributed by atoms with Gasteiger partial charge in [-0.25, -0.2) is 15.0 Å². The lowest BCUT2D eigenvalue weighted by Gasteiger charge is -2.32. The summed E-state index contributed by atoms with van der Waals surface area (Å²) in [5, 5.41) is 11.0. The lowest BCUT2D eigenvalue weighted by molar-refractivity contribution is -0.120. The fourth-order valence-corrected chi connectivity index (χ4v) is 4.78. The Bertz CT molecular complexity index is 1430. The molecule has 0 saturated heterocycles. The number of carbonyl (C=O) groups excluding carboxylic acids is 1. The molecule has 1 spiro atoms. The zero-order chi connectivity index (χ0) is 21.9. The van der Waals surface area contributed by atoms with Gasteiger partial charge in [0.1, 0.15) is 0 Å². The molecule has 1 N–H and O–H groups in total. The number of aromatic nitrogens is 2.